The van der Waals surface area contributed by atoms with E-state index in [1.807, 2.05) is 30.3 Å². The molecule has 2 aromatic carbocycles. The Morgan fingerprint density at radius 3 is 2.74 bits per heavy atom. The summed E-state index contributed by atoms with van der Waals surface area (Å²) in [4.78, 5) is 1.17. The van der Waals surface area contributed by atoms with Crippen LogP contribution in [0.5, 0.6) is 5.75 Å². The molecule has 2 aromatic rings. The number of nitriles is 1. The van der Waals surface area contributed by atoms with Crippen molar-refractivity contribution in [3.05, 3.63) is 58.1 Å². The SMILES string of the molecule is COc1ccc(C#N)cc1CSc1ccccc1Br. The molecule has 0 spiro atoms. The molecule has 0 fully saturated rings. The molecule has 0 aliphatic carbocycles. The van der Waals surface area contributed by atoms with Crippen molar-refractivity contribution < 1.29 is 4.74 Å². The lowest BCUT2D eigenvalue weighted by Gasteiger charge is -2.09. The average molecular weight is 334 g/mol. The Kier molecular flexibility index (Phi) is 4.89. The van der Waals surface area contributed by atoms with Crippen molar-refractivity contribution in [2.45, 2.75) is 10.6 Å². The maximum Gasteiger partial charge on any atom is 0.122 e. The highest BCUT2D eigenvalue weighted by molar-refractivity contribution is 9.10. The van der Waals surface area contributed by atoms with Crippen LogP contribution in [0.2, 0.25) is 0 Å². The monoisotopic (exact) mass is 333 g/mol. The average Bonchev–Trinajstić information content (AvgIpc) is 2.46. The van der Waals surface area contributed by atoms with Crippen LogP contribution >= 0.6 is 27.7 Å². The Labute approximate surface area is 125 Å². The molecular weight excluding hydrogens is 322 g/mol. The summed E-state index contributed by atoms with van der Waals surface area (Å²) in [5.41, 5.74) is 1.69. The van der Waals surface area contributed by atoms with E-state index in [1.165, 1.54) is 4.90 Å². The van der Waals surface area contributed by atoms with Gasteiger partial charge in [-0.3, -0.25) is 0 Å². The molecule has 19 heavy (non-hydrogen) atoms. The third-order valence-corrected chi connectivity index (χ3v) is 4.71. The molecule has 96 valence electrons. The van der Waals surface area contributed by atoms with Crippen LogP contribution in [0.3, 0.4) is 0 Å². The highest BCUT2D eigenvalue weighted by atomic mass is 79.9. The third-order valence-electron chi connectivity index (χ3n) is 2.63. The smallest absolute Gasteiger partial charge is 0.122 e. The van der Waals surface area contributed by atoms with Gasteiger partial charge in [-0.15, -0.1) is 11.8 Å². The summed E-state index contributed by atoms with van der Waals surface area (Å²) in [6, 6.07) is 15.7. The predicted molar refractivity (Wildman–Crippen MR) is 81.4 cm³/mol. The van der Waals surface area contributed by atoms with Gasteiger partial charge in [-0.25, -0.2) is 0 Å². The van der Waals surface area contributed by atoms with Gasteiger partial charge in [0.25, 0.3) is 0 Å². The molecule has 0 heterocycles. The minimum atomic E-state index is 0.656. The van der Waals surface area contributed by atoms with E-state index >= 15 is 0 Å². The lowest BCUT2D eigenvalue weighted by molar-refractivity contribution is 0.411. The van der Waals surface area contributed by atoms with Crippen LogP contribution in [0.25, 0.3) is 0 Å². The fourth-order valence-corrected chi connectivity index (χ4v) is 3.22. The van der Waals surface area contributed by atoms with E-state index in [0.29, 0.717) is 5.56 Å². The van der Waals surface area contributed by atoms with Gasteiger partial charge in [-0.1, -0.05) is 12.1 Å². The molecule has 0 saturated carbocycles. The second-order valence-corrected chi connectivity index (χ2v) is 5.73. The van der Waals surface area contributed by atoms with Crippen molar-refractivity contribution >= 4 is 27.7 Å². The molecule has 0 aliphatic heterocycles. The molecule has 0 N–H and O–H groups in total. The number of nitrogens with zero attached hydrogens (tertiary/aromatic N) is 1. The first-order valence-electron chi connectivity index (χ1n) is 5.69. The minimum absolute atomic E-state index is 0.656. The molecule has 0 atom stereocenters. The first kappa shape index (κ1) is 14.0. The second-order valence-electron chi connectivity index (χ2n) is 3.86. The Morgan fingerprint density at radius 1 is 1.26 bits per heavy atom. The summed E-state index contributed by atoms with van der Waals surface area (Å²) in [7, 11) is 1.65. The van der Waals surface area contributed by atoms with Crippen molar-refractivity contribution in [2.75, 3.05) is 7.11 Å². The Morgan fingerprint density at radius 2 is 2.05 bits per heavy atom. The highest BCUT2D eigenvalue weighted by Crippen LogP contribution is 2.32. The van der Waals surface area contributed by atoms with Crippen LogP contribution in [-0.4, -0.2) is 7.11 Å². The first-order chi connectivity index (χ1) is 9.24. The molecule has 0 radical (unpaired) electrons. The third kappa shape index (κ3) is 3.52. The molecule has 2 rings (SSSR count). The van der Waals surface area contributed by atoms with Gasteiger partial charge >= 0.3 is 0 Å². The minimum Gasteiger partial charge on any atom is -0.496 e. The fraction of sp³-hybridized carbons (Fsp3) is 0.133. The molecule has 4 heteroatoms. The van der Waals surface area contributed by atoms with Crippen LogP contribution < -0.4 is 4.74 Å². The summed E-state index contributed by atoms with van der Waals surface area (Å²) >= 11 is 5.24. The normalized spacial score (nSPS) is 9.95. The Bertz CT molecular complexity index is 622. The van der Waals surface area contributed by atoms with Crippen LogP contribution in [0.15, 0.2) is 51.8 Å². The Hall–Kier alpha value is -1.44. The number of methoxy groups -OCH3 is 1. The van der Waals surface area contributed by atoms with Gasteiger partial charge in [-0.05, 0) is 46.3 Å². The van der Waals surface area contributed by atoms with Gasteiger partial charge < -0.3 is 4.74 Å². The van der Waals surface area contributed by atoms with Gasteiger partial charge in [0.2, 0.25) is 0 Å². The Balaban J connectivity index is 2.19. The summed E-state index contributed by atoms with van der Waals surface area (Å²) in [6.45, 7) is 0. The molecule has 0 bridgehead atoms. The zero-order chi connectivity index (χ0) is 13.7. The van der Waals surface area contributed by atoms with Gasteiger partial charge in [0.15, 0.2) is 0 Å². The van der Waals surface area contributed by atoms with Crippen LogP contribution in [-0.2, 0) is 5.75 Å². The molecule has 0 saturated heterocycles. The molecule has 0 aromatic heterocycles. The molecule has 0 amide bonds. The van der Waals surface area contributed by atoms with E-state index in [1.54, 1.807) is 24.9 Å². The van der Waals surface area contributed by atoms with Gasteiger partial charge in [0.1, 0.15) is 5.75 Å². The number of halogens is 1. The van der Waals surface area contributed by atoms with E-state index in [0.717, 1.165) is 21.5 Å². The van der Waals surface area contributed by atoms with Crippen LogP contribution in [0, 0.1) is 11.3 Å². The fourth-order valence-electron chi connectivity index (χ4n) is 1.68. The lowest BCUT2D eigenvalue weighted by atomic mass is 10.1. The van der Waals surface area contributed by atoms with Gasteiger partial charge in [0, 0.05) is 20.7 Å². The van der Waals surface area contributed by atoms with Crippen molar-refractivity contribution in [3.63, 3.8) is 0 Å². The number of hydrogen-bond acceptors (Lipinski definition) is 3. The van der Waals surface area contributed by atoms with Crippen LogP contribution in [0.4, 0.5) is 0 Å². The standard InChI is InChI=1S/C15H12BrNOS/c1-18-14-7-6-11(9-17)8-12(14)10-19-15-5-3-2-4-13(15)16/h2-8H,10H2,1H3. The van der Waals surface area contributed by atoms with Gasteiger partial charge in [-0.2, -0.15) is 5.26 Å². The lowest BCUT2D eigenvalue weighted by Crippen LogP contribution is -1.91. The number of hydrogen-bond donors (Lipinski definition) is 0. The van der Waals surface area contributed by atoms with E-state index in [4.69, 9.17) is 10.00 Å². The number of thioether (sulfide) groups is 1. The summed E-state index contributed by atoms with van der Waals surface area (Å²) < 4.78 is 6.41. The molecule has 2 nitrogen and oxygen atoms in total. The zero-order valence-electron chi connectivity index (χ0n) is 10.4. The number of rotatable bonds is 4. The summed E-state index contributed by atoms with van der Waals surface area (Å²) in [5.74, 6) is 1.58. The molecule has 0 aliphatic rings. The van der Waals surface area contributed by atoms with Crippen LogP contribution in [0.1, 0.15) is 11.1 Å². The zero-order valence-corrected chi connectivity index (χ0v) is 12.8. The summed E-state index contributed by atoms with van der Waals surface area (Å²) in [5, 5.41) is 8.95. The van der Waals surface area contributed by atoms with Crippen molar-refractivity contribution in [1.29, 1.82) is 5.26 Å². The predicted octanol–water partition coefficient (Wildman–Crippen LogP) is 4.62. The summed E-state index contributed by atoms with van der Waals surface area (Å²) in [6.07, 6.45) is 0. The van der Waals surface area contributed by atoms with E-state index in [9.17, 15) is 0 Å². The second kappa shape index (κ2) is 6.65. The van der Waals surface area contributed by atoms with E-state index in [-0.39, 0.29) is 0 Å². The maximum absolute atomic E-state index is 8.95. The van der Waals surface area contributed by atoms with Gasteiger partial charge in [0.05, 0.1) is 18.7 Å². The molecule has 0 unspecified atom stereocenters. The van der Waals surface area contributed by atoms with Crippen molar-refractivity contribution in [2.24, 2.45) is 0 Å². The number of benzene rings is 2. The van der Waals surface area contributed by atoms with Crippen molar-refractivity contribution in [3.8, 4) is 11.8 Å². The largest absolute Gasteiger partial charge is 0.496 e. The van der Waals surface area contributed by atoms with Crippen molar-refractivity contribution in [1.82, 2.24) is 0 Å². The highest BCUT2D eigenvalue weighted by Gasteiger charge is 2.06. The van der Waals surface area contributed by atoms with E-state index < -0.39 is 0 Å². The molecular formula is C15H12BrNOS. The topological polar surface area (TPSA) is 33.0 Å². The van der Waals surface area contributed by atoms with E-state index in [2.05, 4.69) is 28.1 Å². The maximum atomic E-state index is 8.95. The number of ether oxygens (including phenoxy) is 1. The first-order valence-corrected chi connectivity index (χ1v) is 7.47. The quantitative estimate of drug-likeness (QED) is 0.765.